The number of esters is 1. The van der Waals surface area contributed by atoms with E-state index in [0.717, 1.165) is 25.7 Å². The average Bonchev–Trinajstić information content (AvgIpc) is 2.94. The number of carbonyl (C=O) groups excluding carboxylic acids is 1. The summed E-state index contributed by atoms with van der Waals surface area (Å²) in [6, 6.07) is 0. The smallest absolute Gasteiger partial charge is 0.306 e. The van der Waals surface area contributed by atoms with Crippen LogP contribution in [0.1, 0.15) is 168 Å². The van der Waals surface area contributed by atoms with Gasteiger partial charge in [-0.1, -0.05) is 141 Å². The molecular formula is C35H66O4. The van der Waals surface area contributed by atoms with Crippen molar-refractivity contribution in [2.45, 2.75) is 174 Å². The summed E-state index contributed by atoms with van der Waals surface area (Å²) < 4.78 is 11.0. The maximum Gasteiger partial charge on any atom is 0.306 e. The average molecular weight is 551 g/mol. The summed E-state index contributed by atoms with van der Waals surface area (Å²) in [5.74, 6) is -0.215. The SMILES string of the molecule is CCCCCCC/C=C\C/C=C\CCCCCCCCCCCCOCC(CO)OC(=O)CCCCCCC. The molecular weight excluding hydrogens is 484 g/mol. The van der Waals surface area contributed by atoms with Gasteiger partial charge in [0, 0.05) is 13.0 Å². The fraction of sp³-hybridized carbons (Fsp3) is 0.857. The second-order valence-electron chi connectivity index (χ2n) is 11.2. The highest BCUT2D eigenvalue weighted by Gasteiger charge is 2.13. The van der Waals surface area contributed by atoms with Crippen molar-refractivity contribution in [1.29, 1.82) is 0 Å². The number of unbranched alkanes of at least 4 members (excludes halogenated alkanes) is 19. The quantitative estimate of drug-likeness (QED) is 0.0530. The van der Waals surface area contributed by atoms with Crippen LogP contribution >= 0.6 is 0 Å². The van der Waals surface area contributed by atoms with Crippen LogP contribution in [-0.2, 0) is 14.3 Å². The van der Waals surface area contributed by atoms with Crippen LogP contribution < -0.4 is 0 Å². The number of aliphatic hydroxyl groups is 1. The van der Waals surface area contributed by atoms with E-state index in [4.69, 9.17) is 9.47 Å². The second-order valence-corrected chi connectivity index (χ2v) is 11.2. The van der Waals surface area contributed by atoms with Gasteiger partial charge in [0.25, 0.3) is 0 Å². The standard InChI is InChI=1S/C35H66O4/c1-3-5-7-9-10-11-12-13-14-15-16-17-18-19-20-21-22-23-24-25-27-29-31-38-33-34(32-36)39-35(37)30-28-26-8-6-4-2/h12-13,15-16,34,36H,3-11,14,17-33H2,1-2H3/b13-12-,16-15-. The van der Waals surface area contributed by atoms with Crippen molar-refractivity contribution >= 4 is 5.97 Å². The first-order valence-electron chi connectivity index (χ1n) is 16.9. The normalized spacial score (nSPS) is 12.6. The molecule has 0 rings (SSSR count). The van der Waals surface area contributed by atoms with E-state index >= 15 is 0 Å². The molecule has 230 valence electrons. The Morgan fingerprint density at radius 2 is 1.08 bits per heavy atom. The van der Waals surface area contributed by atoms with Gasteiger partial charge in [-0.3, -0.25) is 4.79 Å². The Kier molecular flexibility index (Phi) is 32.1. The van der Waals surface area contributed by atoms with Crippen molar-refractivity contribution in [3.05, 3.63) is 24.3 Å². The molecule has 1 unspecified atom stereocenters. The summed E-state index contributed by atoms with van der Waals surface area (Å²) >= 11 is 0. The van der Waals surface area contributed by atoms with E-state index in [1.807, 2.05) is 0 Å². The Bertz CT molecular complexity index is 543. The van der Waals surface area contributed by atoms with E-state index in [9.17, 15) is 9.90 Å². The fourth-order valence-electron chi connectivity index (χ4n) is 4.71. The molecule has 0 spiro atoms. The molecule has 1 N–H and O–H groups in total. The minimum Gasteiger partial charge on any atom is -0.457 e. The Labute approximate surface area is 243 Å². The highest BCUT2D eigenvalue weighted by atomic mass is 16.6. The van der Waals surface area contributed by atoms with E-state index in [0.29, 0.717) is 19.6 Å². The number of hydrogen-bond donors (Lipinski definition) is 1. The number of aliphatic hydroxyl groups excluding tert-OH is 1. The molecule has 0 fully saturated rings. The molecule has 0 aliphatic heterocycles. The van der Waals surface area contributed by atoms with Crippen LogP contribution in [0.4, 0.5) is 0 Å². The van der Waals surface area contributed by atoms with Gasteiger partial charge in [0.1, 0.15) is 6.10 Å². The van der Waals surface area contributed by atoms with Crippen LogP contribution in [0.2, 0.25) is 0 Å². The van der Waals surface area contributed by atoms with Crippen molar-refractivity contribution in [1.82, 2.24) is 0 Å². The maximum absolute atomic E-state index is 11.9. The van der Waals surface area contributed by atoms with Gasteiger partial charge >= 0.3 is 5.97 Å². The predicted molar refractivity (Wildman–Crippen MR) is 168 cm³/mol. The lowest BCUT2D eigenvalue weighted by Crippen LogP contribution is -2.27. The van der Waals surface area contributed by atoms with Crippen LogP contribution in [-0.4, -0.2) is 37.0 Å². The van der Waals surface area contributed by atoms with E-state index in [1.165, 1.54) is 122 Å². The van der Waals surface area contributed by atoms with Crippen molar-refractivity contribution in [2.24, 2.45) is 0 Å². The van der Waals surface area contributed by atoms with Crippen LogP contribution in [0, 0.1) is 0 Å². The van der Waals surface area contributed by atoms with Gasteiger partial charge in [-0.2, -0.15) is 0 Å². The number of allylic oxidation sites excluding steroid dienone is 4. The Balaban J connectivity index is 3.36. The van der Waals surface area contributed by atoms with Gasteiger partial charge in [-0.05, 0) is 44.9 Å². The van der Waals surface area contributed by atoms with Crippen LogP contribution in [0.5, 0.6) is 0 Å². The lowest BCUT2D eigenvalue weighted by molar-refractivity contribution is -0.154. The van der Waals surface area contributed by atoms with E-state index in [2.05, 4.69) is 38.2 Å². The van der Waals surface area contributed by atoms with Crippen molar-refractivity contribution < 1.29 is 19.4 Å². The summed E-state index contributed by atoms with van der Waals surface area (Å²) in [5, 5.41) is 9.44. The lowest BCUT2D eigenvalue weighted by Gasteiger charge is -2.15. The molecule has 0 radical (unpaired) electrons. The molecule has 0 aromatic carbocycles. The third-order valence-electron chi connectivity index (χ3n) is 7.28. The first kappa shape index (κ1) is 37.9. The summed E-state index contributed by atoms with van der Waals surface area (Å²) in [6.07, 6.45) is 38.2. The highest BCUT2D eigenvalue weighted by molar-refractivity contribution is 5.69. The topological polar surface area (TPSA) is 55.8 Å². The molecule has 1 atom stereocenters. The molecule has 4 heteroatoms. The zero-order chi connectivity index (χ0) is 28.5. The third-order valence-corrected chi connectivity index (χ3v) is 7.28. The highest BCUT2D eigenvalue weighted by Crippen LogP contribution is 2.12. The van der Waals surface area contributed by atoms with E-state index in [-0.39, 0.29) is 12.6 Å². The number of ether oxygens (including phenoxy) is 2. The molecule has 0 aromatic rings. The first-order chi connectivity index (χ1) is 19.2. The monoisotopic (exact) mass is 550 g/mol. The Morgan fingerprint density at radius 1 is 0.615 bits per heavy atom. The molecule has 0 amide bonds. The van der Waals surface area contributed by atoms with Crippen LogP contribution in [0.25, 0.3) is 0 Å². The van der Waals surface area contributed by atoms with Gasteiger partial charge in [-0.25, -0.2) is 0 Å². The van der Waals surface area contributed by atoms with Crippen LogP contribution in [0.15, 0.2) is 24.3 Å². The van der Waals surface area contributed by atoms with E-state index in [1.54, 1.807) is 0 Å². The number of hydrogen-bond acceptors (Lipinski definition) is 4. The van der Waals surface area contributed by atoms with Crippen molar-refractivity contribution in [2.75, 3.05) is 19.8 Å². The second kappa shape index (κ2) is 33.1. The van der Waals surface area contributed by atoms with Gasteiger partial charge in [0.15, 0.2) is 0 Å². The maximum atomic E-state index is 11.9. The number of rotatable bonds is 31. The molecule has 0 bridgehead atoms. The minimum atomic E-state index is -0.527. The van der Waals surface area contributed by atoms with Gasteiger partial charge in [0.05, 0.1) is 13.2 Å². The van der Waals surface area contributed by atoms with Crippen molar-refractivity contribution in [3.63, 3.8) is 0 Å². The van der Waals surface area contributed by atoms with Gasteiger partial charge < -0.3 is 14.6 Å². The summed E-state index contributed by atoms with van der Waals surface area (Å²) in [4.78, 5) is 11.9. The fourth-order valence-corrected chi connectivity index (χ4v) is 4.71. The molecule has 0 aliphatic carbocycles. The molecule has 39 heavy (non-hydrogen) atoms. The number of carbonyl (C=O) groups is 1. The van der Waals surface area contributed by atoms with E-state index < -0.39 is 6.10 Å². The summed E-state index contributed by atoms with van der Waals surface area (Å²) in [5.41, 5.74) is 0. The molecule has 0 saturated carbocycles. The van der Waals surface area contributed by atoms with Crippen molar-refractivity contribution in [3.8, 4) is 0 Å². The molecule has 0 saturated heterocycles. The minimum absolute atomic E-state index is 0.171. The zero-order valence-corrected chi connectivity index (χ0v) is 26.2. The van der Waals surface area contributed by atoms with Crippen LogP contribution in [0.3, 0.4) is 0 Å². The molecule has 0 aliphatic rings. The first-order valence-corrected chi connectivity index (χ1v) is 16.9. The van der Waals surface area contributed by atoms with Gasteiger partial charge in [-0.15, -0.1) is 0 Å². The largest absolute Gasteiger partial charge is 0.457 e. The molecule has 4 nitrogen and oxygen atoms in total. The molecule has 0 heterocycles. The third kappa shape index (κ3) is 31.3. The molecule has 0 aromatic heterocycles. The summed E-state index contributed by atoms with van der Waals surface area (Å²) in [7, 11) is 0. The Hall–Kier alpha value is -1.13. The zero-order valence-electron chi connectivity index (χ0n) is 26.2. The lowest BCUT2D eigenvalue weighted by atomic mass is 10.1. The van der Waals surface area contributed by atoms with Gasteiger partial charge in [0.2, 0.25) is 0 Å². The predicted octanol–water partition coefficient (Wildman–Crippen LogP) is 10.4. The summed E-state index contributed by atoms with van der Waals surface area (Å²) in [6.45, 7) is 5.25. The Morgan fingerprint density at radius 3 is 1.59 bits per heavy atom.